The summed E-state index contributed by atoms with van der Waals surface area (Å²) >= 11 is 0. The van der Waals surface area contributed by atoms with Gasteiger partial charge in [-0.15, -0.1) is 0 Å². The normalized spacial score (nSPS) is 23.4. The van der Waals surface area contributed by atoms with Gasteiger partial charge in [0.25, 0.3) is 0 Å². The number of carbonyl (C=O) groups is 2. The summed E-state index contributed by atoms with van der Waals surface area (Å²) in [5, 5.41) is 7.80. The van der Waals surface area contributed by atoms with Crippen LogP contribution in [0.5, 0.6) is 0 Å². The van der Waals surface area contributed by atoms with E-state index in [1.807, 2.05) is 0 Å². The summed E-state index contributed by atoms with van der Waals surface area (Å²) < 4.78 is 10.9. The summed E-state index contributed by atoms with van der Waals surface area (Å²) in [5.41, 5.74) is 7.73. The van der Waals surface area contributed by atoms with Crippen LogP contribution in [0.1, 0.15) is 45.1 Å². The average molecular weight is 400 g/mol. The number of aliphatic imine (C=N–C) groups is 1. The summed E-state index contributed by atoms with van der Waals surface area (Å²) in [7, 11) is 0. The van der Waals surface area contributed by atoms with Crippen molar-refractivity contribution in [2.45, 2.75) is 39.5 Å². The molecule has 3 rings (SSSR count). The summed E-state index contributed by atoms with van der Waals surface area (Å²) in [4.78, 5) is 30.9. The van der Waals surface area contributed by atoms with Crippen molar-refractivity contribution in [3.05, 3.63) is 35.3 Å². The molecule has 1 saturated carbocycles. The number of fused-ring (bicyclic) bond motifs is 1. The fourth-order valence-corrected chi connectivity index (χ4v) is 4.16. The van der Waals surface area contributed by atoms with E-state index in [2.05, 4.69) is 24.0 Å². The molecule has 0 bridgehead atoms. The second-order valence-electron chi connectivity index (χ2n) is 8.14. The molecule has 2 heterocycles. The first-order valence-corrected chi connectivity index (χ1v) is 9.92. The van der Waals surface area contributed by atoms with Crippen LogP contribution in [0.15, 0.2) is 34.7 Å². The molecule has 1 fully saturated rings. The highest BCUT2D eigenvalue weighted by Crippen LogP contribution is 2.46. The van der Waals surface area contributed by atoms with E-state index < -0.39 is 17.8 Å². The average Bonchev–Trinajstić information content (AvgIpc) is 2.67. The number of ether oxygens (including phenoxy) is 2. The SMILES string of the molecule is CCOC(=O)C1=C(COCCN)N=C2CC(C)(C)CC(=O)C2C1c1ccnnc1. The topological polar surface area (TPSA) is 117 Å². The van der Waals surface area contributed by atoms with Crippen molar-refractivity contribution < 1.29 is 19.1 Å². The fraction of sp³-hybridized carbons (Fsp3) is 0.571. The van der Waals surface area contributed by atoms with Crippen molar-refractivity contribution in [3.8, 4) is 0 Å². The molecule has 2 N–H and O–H groups in total. The van der Waals surface area contributed by atoms with Crippen LogP contribution in [-0.2, 0) is 19.1 Å². The smallest absolute Gasteiger partial charge is 0.336 e. The van der Waals surface area contributed by atoms with Crippen molar-refractivity contribution in [1.82, 2.24) is 10.2 Å². The van der Waals surface area contributed by atoms with Crippen molar-refractivity contribution in [3.63, 3.8) is 0 Å². The van der Waals surface area contributed by atoms with Crippen LogP contribution in [0.4, 0.5) is 0 Å². The van der Waals surface area contributed by atoms with Gasteiger partial charge in [0.2, 0.25) is 0 Å². The Hall–Kier alpha value is -2.45. The fourth-order valence-electron chi connectivity index (χ4n) is 4.16. The van der Waals surface area contributed by atoms with Gasteiger partial charge < -0.3 is 15.2 Å². The first-order chi connectivity index (χ1) is 13.9. The van der Waals surface area contributed by atoms with Crippen molar-refractivity contribution in [1.29, 1.82) is 0 Å². The zero-order valence-corrected chi connectivity index (χ0v) is 17.2. The Bertz CT molecular complexity index is 832. The Labute approximate surface area is 170 Å². The van der Waals surface area contributed by atoms with Gasteiger partial charge in [0, 0.05) is 30.8 Å². The lowest BCUT2D eigenvalue weighted by molar-refractivity contribution is -0.139. The maximum atomic E-state index is 13.2. The van der Waals surface area contributed by atoms with Gasteiger partial charge in [-0.1, -0.05) is 13.8 Å². The Morgan fingerprint density at radius 1 is 1.28 bits per heavy atom. The lowest BCUT2D eigenvalue weighted by atomic mass is 9.63. The molecule has 0 aromatic carbocycles. The number of carbonyl (C=O) groups excluding carboxylic acids is 2. The first kappa shape index (κ1) is 21.3. The van der Waals surface area contributed by atoms with E-state index in [9.17, 15) is 9.59 Å². The van der Waals surface area contributed by atoms with E-state index in [1.54, 1.807) is 25.4 Å². The Kier molecular flexibility index (Phi) is 6.54. The molecule has 29 heavy (non-hydrogen) atoms. The van der Waals surface area contributed by atoms with Crippen molar-refractivity contribution in [2.75, 3.05) is 26.4 Å². The van der Waals surface area contributed by atoms with Gasteiger partial charge in [-0.25, -0.2) is 4.79 Å². The van der Waals surface area contributed by atoms with Crippen LogP contribution in [-0.4, -0.2) is 54.0 Å². The van der Waals surface area contributed by atoms with E-state index in [1.165, 1.54) is 0 Å². The van der Waals surface area contributed by atoms with Gasteiger partial charge in [-0.05, 0) is 30.4 Å². The second-order valence-corrected chi connectivity index (χ2v) is 8.14. The van der Waals surface area contributed by atoms with Gasteiger partial charge in [0.05, 0.1) is 43.2 Å². The molecule has 0 saturated heterocycles. The molecule has 1 aliphatic carbocycles. The minimum atomic E-state index is -0.517. The largest absolute Gasteiger partial charge is 0.463 e. The highest BCUT2D eigenvalue weighted by atomic mass is 16.5. The third-order valence-electron chi connectivity index (χ3n) is 5.21. The zero-order chi connectivity index (χ0) is 21.0. The molecule has 2 aliphatic rings. The third-order valence-corrected chi connectivity index (χ3v) is 5.21. The first-order valence-electron chi connectivity index (χ1n) is 9.92. The predicted molar refractivity (Wildman–Crippen MR) is 107 cm³/mol. The molecule has 1 aromatic heterocycles. The number of nitrogens with two attached hydrogens (primary N) is 1. The van der Waals surface area contributed by atoms with E-state index in [4.69, 9.17) is 20.2 Å². The molecule has 1 aromatic rings. The minimum absolute atomic E-state index is 0.0746. The standard InChI is InChI=1S/C21H28N4O4/c1-4-29-20(27)19-15(12-28-8-6-22)25-14-9-21(2,3)10-16(26)18(14)17(19)13-5-7-23-24-11-13/h5,7,11,17-18H,4,6,8-10,12,22H2,1-3H3. The molecular weight excluding hydrogens is 372 g/mol. The lowest BCUT2D eigenvalue weighted by Gasteiger charge is -2.41. The molecule has 0 spiro atoms. The molecule has 8 nitrogen and oxygen atoms in total. The Balaban J connectivity index is 2.15. The number of hydrogen-bond donors (Lipinski definition) is 1. The number of ketones is 1. The molecule has 0 amide bonds. The number of rotatable bonds is 7. The maximum Gasteiger partial charge on any atom is 0.336 e. The van der Waals surface area contributed by atoms with E-state index in [0.29, 0.717) is 37.3 Å². The van der Waals surface area contributed by atoms with Gasteiger partial charge in [-0.2, -0.15) is 10.2 Å². The van der Waals surface area contributed by atoms with Crippen LogP contribution in [0.2, 0.25) is 0 Å². The second kappa shape index (κ2) is 8.92. The van der Waals surface area contributed by atoms with Crippen LogP contribution < -0.4 is 5.73 Å². The van der Waals surface area contributed by atoms with Gasteiger partial charge in [0.15, 0.2) is 0 Å². The van der Waals surface area contributed by atoms with Crippen LogP contribution in [0.3, 0.4) is 0 Å². The van der Waals surface area contributed by atoms with E-state index in [-0.39, 0.29) is 24.4 Å². The quantitative estimate of drug-likeness (QED) is 0.548. The summed E-state index contributed by atoms with van der Waals surface area (Å²) in [6.07, 6.45) is 4.26. The minimum Gasteiger partial charge on any atom is -0.463 e. The van der Waals surface area contributed by atoms with Crippen molar-refractivity contribution in [2.24, 2.45) is 22.1 Å². The van der Waals surface area contributed by atoms with E-state index in [0.717, 1.165) is 11.3 Å². The number of nitrogens with zero attached hydrogens (tertiary/aromatic N) is 3. The molecule has 0 radical (unpaired) electrons. The highest BCUT2D eigenvalue weighted by Gasteiger charge is 2.48. The van der Waals surface area contributed by atoms with Gasteiger partial charge in [0.1, 0.15) is 5.78 Å². The molecule has 156 valence electrons. The van der Waals surface area contributed by atoms with Gasteiger partial charge in [-0.3, -0.25) is 9.79 Å². The molecular formula is C21H28N4O4. The van der Waals surface area contributed by atoms with Gasteiger partial charge >= 0.3 is 5.97 Å². The van der Waals surface area contributed by atoms with Crippen LogP contribution in [0.25, 0.3) is 0 Å². The van der Waals surface area contributed by atoms with E-state index >= 15 is 0 Å². The Morgan fingerprint density at radius 3 is 2.72 bits per heavy atom. The monoisotopic (exact) mass is 400 g/mol. The molecule has 1 aliphatic heterocycles. The highest BCUT2D eigenvalue weighted by molar-refractivity contribution is 6.12. The molecule has 2 atom stereocenters. The lowest BCUT2D eigenvalue weighted by Crippen LogP contribution is -2.44. The number of Topliss-reactive ketones (excluding diaryl/α,β-unsaturated/α-hetero) is 1. The summed E-state index contributed by atoms with van der Waals surface area (Å²) in [5.74, 6) is -1.44. The molecule has 8 heteroatoms. The van der Waals surface area contributed by atoms with Crippen LogP contribution in [0, 0.1) is 11.3 Å². The molecule has 2 unspecified atom stereocenters. The number of hydrogen-bond acceptors (Lipinski definition) is 8. The number of aromatic nitrogens is 2. The summed E-state index contributed by atoms with van der Waals surface area (Å²) in [6, 6.07) is 1.78. The van der Waals surface area contributed by atoms with Crippen LogP contribution >= 0.6 is 0 Å². The Morgan fingerprint density at radius 2 is 2.07 bits per heavy atom. The summed E-state index contributed by atoms with van der Waals surface area (Å²) in [6.45, 7) is 6.93. The third kappa shape index (κ3) is 4.59. The zero-order valence-electron chi connectivity index (χ0n) is 17.2. The predicted octanol–water partition coefficient (Wildman–Crippen LogP) is 1.81. The maximum absolute atomic E-state index is 13.2. The van der Waals surface area contributed by atoms with Crippen molar-refractivity contribution >= 4 is 17.5 Å². The number of esters is 1.